The Kier molecular flexibility index (Phi) is 5.50. The van der Waals surface area contributed by atoms with E-state index in [2.05, 4.69) is 39.4 Å². The third-order valence-corrected chi connectivity index (χ3v) is 7.81. The van der Waals surface area contributed by atoms with E-state index in [1.807, 2.05) is 0 Å². The van der Waals surface area contributed by atoms with Crippen LogP contribution in [0.5, 0.6) is 0 Å². The lowest BCUT2D eigenvalue weighted by Crippen LogP contribution is -2.46. The summed E-state index contributed by atoms with van der Waals surface area (Å²) in [5.74, 6) is -1.83. The van der Waals surface area contributed by atoms with E-state index in [1.54, 1.807) is 19.3 Å². The standard InChI is InChI=1S/C25H30F2N6O2/c1-14-7-17-10-28-24(31-20-11-29-33(15(20)2)23-9-25(23,26)27)30-19(17)8-18(14)16-3-5-32(6-4-16)21-12-35-13-22(21)34/h7-8,10-11,16,21-23,34H,3-6,9,12-13H2,1-2H3,(H,28,30,31)/t21-,22?,23?/m1/s1. The van der Waals surface area contributed by atoms with Crippen LogP contribution in [-0.2, 0) is 4.74 Å². The molecule has 3 fully saturated rings. The van der Waals surface area contributed by atoms with Crippen LogP contribution in [0.15, 0.2) is 24.5 Å². The molecule has 0 radical (unpaired) electrons. The van der Waals surface area contributed by atoms with Crippen molar-refractivity contribution in [1.29, 1.82) is 0 Å². The Balaban J connectivity index is 1.19. The van der Waals surface area contributed by atoms with Crippen LogP contribution >= 0.6 is 0 Å². The summed E-state index contributed by atoms with van der Waals surface area (Å²) in [6.07, 6.45) is 4.83. The number of hydrogen-bond acceptors (Lipinski definition) is 7. The van der Waals surface area contributed by atoms with Gasteiger partial charge in [-0.15, -0.1) is 0 Å². The molecule has 2 saturated heterocycles. The lowest BCUT2D eigenvalue weighted by Gasteiger charge is -2.37. The summed E-state index contributed by atoms with van der Waals surface area (Å²) < 4.78 is 33.8. The van der Waals surface area contributed by atoms with Crippen molar-refractivity contribution in [2.75, 3.05) is 31.6 Å². The van der Waals surface area contributed by atoms with Crippen LogP contribution in [0.1, 0.15) is 48.0 Å². The van der Waals surface area contributed by atoms with Crippen LogP contribution < -0.4 is 5.32 Å². The Morgan fingerprint density at radius 3 is 2.60 bits per heavy atom. The van der Waals surface area contributed by atoms with Gasteiger partial charge in [-0.3, -0.25) is 9.58 Å². The van der Waals surface area contributed by atoms with Crippen LogP contribution in [0, 0.1) is 13.8 Å². The van der Waals surface area contributed by atoms with Crippen LogP contribution in [0.2, 0.25) is 0 Å². The molecule has 0 bridgehead atoms. The van der Waals surface area contributed by atoms with Crippen molar-refractivity contribution in [3.63, 3.8) is 0 Å². The van der Waals surface area contributed by atoms with Crippen LogP contribution in [0.25, 0.3) is 10.9 Å². The number of likely N-dealkylation sites (tertiary alicyclic amines) is 1. The first-order valence-corrected chi connectivity index (χ1v) is 12.3. The molecule has 1 aromatic carbocycles. The molecule has 8 nitrogen and oxygen atoms in total. The van der Waals surface area contributed by atoms with Gasteiger partial charge >= 0.3 is 0 Å². The largest absolute Gasteiger partial charge is 0.389 e. The Morgan fingerprint density at radius 1 is 1.14 bits per heavy atom. The number of aryl methyl sites for hydroxylation is 1. The molecule has 3 aliphatic rings. The van der Waals surface area contributed by atoms with E-state index in [-0.39, 0.29) is 12.5 Å². The molecule has 3 atom stereocenters. The molecule has 186 valence electrons. The van der Waals surface area contributed by atoms with Gasteiger partial charge in [-0.2, -0.15) is 5.10 Å². The molecule has 10 heteroatoms. The number of nitrogens with one attached hydrogen (secondary N) is 1. The topological polar surface area (TPSA) is 88.3 Å². The molecule has 0 amide bonds. The van der Waals surface area contributed by atoms with E-state index in [0.29, 0.717) is 36.5 Å². The molecular formula is C25H30F2N6O2. The molecule has 6 rings (SSSR count). The van der Waals surface area contributed by atoms with Gasteiger partial charge in [0.1, 0.15) is 6.04 Å². The molecule has 0 spiro atoms. The Hall–Kier alpha value is -2.69. The maximum atomic E-state index is 13.5. The maximum Gasteiger partial charge on any atom is 0.272 e. The van der Waals surface area contributed by atoms with E-state index in [4.69, 9.17) is 9.72 Å². The molecule has 1 saturated carbocycles. The average Bonchev–Trinajstić information content (AvgIpc) is 3.11. The lowest BCUT2D eigenvalue weighted by molar-refractivity contribution is 0.0663. The van der Waals surface area contributed by atoms with Crippen LogP contribution in [0.4, 0.5) is 20.4 Å². The number of aliphatic hydroxyl groups excluding tert-OH is 1. The number of fused-ring (bicyclic) bond motifs is 1. The number of ether oxygens (including phenoxy) is 1. The number of nitrogens with zero attached hydrogens (tertiary/aromatic N) is 5. The molecule has 3 aromatic rings. The summed E-state index contributed by atoms with van der Waals surface area (Å²) in [6.45, 7) is 6.82. The lowest BCUT2D eigenvalue weighted by atomic mass is 9.85. The van der Waals surface area contributed by atoms with E-state index < -0.39 is 18.1 Å². The normalized spacial score (nSPS) is 26.9. The van der Waals surface area contributed by atoms with Gasteiger partial charge in [0, 0.05) is 18.0 Å². The summed E-state index contributed by atoms with van der Waals surface area (Å²) in [5.41, 5.74) is 4.65. The zero-order chi connectivity index (χ0) is 24.3. The second-order valence-electron chi connectivity index (χ2n) is 10.1. The predicted molar refractivity (Wildman–Crippen MR) is 127 cm³/mol. The number of aromatic nitrogens is 4. The summed E-state index contributed by atoms with van der Waals surface area (Å²) in [5, 5.41) is 18.4. The fraction of sp³-hybridized carbons (Fsp3) is 0.560. The maximum absolute atomic E-state index is 13.5. The number of piperidine rings is 1. The second kappa shape index (κ2) is 8.46. The number of rotatable bonds is 5. The SMILES string of the molecule is Cc1cc2cnc(Nc3cnn(C4CC4(F)F)c3C)nc2cc1C1CCN([C@@H]2COCC2O)CC1. The quantitative estimate of drug-likeness (QED) is 0.571. The van der Waals surface area contributed by atoms with Gasteiger partial charge in [-0.05, 0) is 69.0 Å². The highest BCUT2D eigenvalue weighted by atomic mass is 19.3. The van der Waals surface area contributed by atoms with Crippen molar-refractivity contribution < 1.29 is 18.6 Å². The molecule has 35 heavy (non-hydrogen) atoms. The number of anilines is 2. The van der Waals surface area contributed by atoms with Gasteiger partial charge in [0.15, 0.2) is 0 Å². The third-order valence-electron chi connectivity index (χ3n) is 7.81. The Morgan fingerprint density at radius 2 is 1.91 bits per heavy atom. The first-order chi connectivity index (χ1) is 16.8. The summed E-state index contributed by atoms with van der Waals surface area (Å²) in [7, 11) is 0. The van der Waals surface area contributed by atoms with E-state index in [0.717, 1.165) is 36.8 Å². The zero-order valence-electron chi connectivity index (χ0n) is 19.9. The van der Waals surface area contributed by atoms with E-state index in [1.165, 1.54) is 15.8 Å². The molecular weight excluding hydrogens is 454 g/mol. The van der Waals surface area contributed by atoms with Crippen molar-refractivity contribution in [1.82, 2.24) is 24.6 Å². The molecule has 2 aromatic heterocycles. The monoisotopic (exact) mass is 484 g/mol. The van der Waals surface area contributed by atoms with Gasteiger partial charge in [-0.25, -0.2) is 18.7 Å². The fourth-order valence-corrected chi connectivity index (χ4v) is 5.58. The molecule has 2 unspecified atom stereocenters. The second-order valence-corrected chi connectivity index (χ2v) is 10.1. The van der Waals surface area contributed by atoms with E-state index >= 15 is 0 Å². The smallest absolute Gasteiger partial charge is 0.272 e. The number of benzene rings is 1. The number of halogens is 2. The first kappa shape index (κ1) is 22.8. The molecule has 1 aliphatic carbocycles. The van der Waals surface area contributed by atoms with Crippen LogP contribution in [-0.4, -0.2) is 74.1 Å². The predicted octanol–water partition coefficient (Wildman–Crippen LogP) is 3.71. The Bertz CT molecular complexity index is 1260. The van der Waals surface area contributed by atoms with Crippen LogP contribution in [0.3, 0.4) is 0 Å². The number of aliphatic hydroxyl groups is 1. The first-order valence-electron chi connectivity index (χ1n) is 12.3. The highest BCUT2D eigenvalue weighted by Gasteiger charge is 2.59. The molecule has 2 aliphatic heterocycles. The Labute approximate surface area is 202 Å². The van der Waals surface area contributed by atoms with Gasteiger partial charge in [-0.1, -0.05) is 0 Å². The molecule has 2 N–H and O–H groups in total. The number of alkyl halides is 2. The highest BCUT2D eigenvalue weighted by molar-refractivity contribution is 5.81. The van der Waals surface area contributed by atoms with Gasteiger partial charge in [0.05, 0.1) is 48.5 Å². The minimum Gasteiger partial charge on any atom is -0.389 e. The van der Waals surface area contributed by atoms with Gasteiger partial charge < -0.3 is 15.2 Å². The van der Waals surface area contributed by atoms with Crippen molar-refractivity contribution in [2.24, 2.45) is 0 Å². The highest BCUT2D eigenvalue weighted by Crippen LogP contribution is 2.53. The molecule has 4 heterocycles. The fourth-order valence-electron chi connectivity index (χ4n) is 5.58. The van der Waals surface area contributed by atoms with Gasteiger partial charge in [0.25, 0.3) is 5.92 Å². The summed E-state index contributed by atoms with van der Waals surface area (Å²) >= 11 is 0. The minimum absolute atomic E-state index is 0.106. The van der Waals surface area contributed by atoms with Crippen molar-refractivity contribution in [3.8, 4) is 0 Å². The van der Waals surface area contributed by atoms with Crippen molar-refractivity contribution in [3.05, 3.63) is 41.3 Å². The van der Waals surface area contributed by atoms with Crippen molar-refractivity contribution >= 4 is 22.5 Å². The van der Waals surface area contributed by atoms with E-state index in [9.17, 15) is 13.9 Å². The minimum atomic E-state index is -2.68. The third kappa shape index (κ3) is 4.17. The van der Waals surface area contributed by atoms with Crippen molar-refractivity contribution in [2.45, 2.75) is 63.1 Å². The zero-order valence-corrected chi connectivity index (χ0v) is 19.9. The summed E-state index contributed by atoms with van der Waals surface area (Å²) in [4.78, 5) is 11.5. The average molecular weight is 485 g/mol. The number of hydrogen-bond donors (Lipinski definition) is 2. The van der Waals surface area contributed by atoms with Gasteiger partial charge in [0.2, 0.25) is 5.95 Å². The summed E-state index contributed by atoms with van der Waals surface area (Å²) in [6, 6.07) is 3.53.